The van der Waals surface area contributed by atoms with E-state index in [0.29, 0.717) is 17.9 Å². The Hall–Kier alpha value is -4.12. The molecule has 0 fully saturated rings. The van der Waals surface area contributed by atoms with Crippen LogP contribution in [-0.2, 0) is 26.2 Å². The molecule has 0 saturated carbocycles. The largest absolute Gasteiger partial charge is 0.493 e. The molecule has 0 heterocycles. The van der Waals surface area contributed by atoms with Gasteiger partial charge in [0.05, 0.1) is 24.8 Å². The van der Waals surface area contributed by atoms with Gasteiger partial charge >= 0.3 is 0 Å². The average Bonchev–Trinajstić information content (AvgIpc) is 2.96. The highest BCUT2D eigenvalue weighted by Gasteiger charge is 2.34. The number of methoxy groups -OCH3 is 2. The second kappa shape index (κ2) is 13.8. The smallest absolute Gasteiger partial charge is 0.264 e. The zero-order chi connectivity index (χ0) is 29.3. The van der Waals surface area contributed by atoms with Crippen molar-refractivity contribution in [1.82, 2.24) is 10.2 Å². The lowest BCUT2D eigenvalue weighted by molar-refractivity contribution is -0.140. The summed E-state index contributed by atoms with van der Waals surface area (Å²) in [6.07, 6.45) is 0.278. The van der Waals surface area contributed by atoms with E-state index < -0.39 is 34.3 Å². The molecule has 11 heteroatoms. The molecule has 0 aliphatic rings. The lowest BCUT2D eigenvalue weighted by atomic mass is 10.1. The molecule has 2 amide bonds. The van der Waals surface area contributed by atoms with E-state index in [9.17, 15) is 22.4 Å². The maximum atomic E-state index is 14.0. The standard InChI is InChI=1S/C29H34FN3O6S/c1-5-25(29(35)31-6-2)32(19-21-12-14-22(30)15-13-21)28(34)20-33(40(36,37)24-10-8-7-9-11-24)23-16-17-26(38-3)27(18-23)39-4/h7-18,25H,5-6,19-20H2,1-4H3,(H,31,35)/t25-/m1/s1. The molecule has 0 radical (unpaired) electrons. The van der Waals surface area contributed by atoms with Gasteiger partial charge in [0, 0.05) is 19.2 Å². The van der Waals surface area contributed by atoms with Crippen LogP contribution in [0.15, 0.2) is 77.7 Å². The van der Waals surface area contributed by atoms with Gasteiger partial charge in [0.2, 0.25) is 11.8 Å². The highest BCUT2D eigenvalue weighted by molar-refractivity contribution is 7.92. The van der Waals surface area contributed by atoms with Gasteiger partial charge in [0.15, 0.2) is 11.5 Å². The van der Waals surface area contributed by atoms with Crippen molar-refractivity contribution in [3.05, 3.63) is 84.2 Å². The second-order valence-corrected chi connectivity index (χ2v) is 10.7. The number of amides is 2. The highest BCUT2D eigenvalue weighted by atomic mass is 32.2. The predicted octanol–water partition coefficient (Wildman–Crippen LogP) is 3.98. The number of hydrogen-bond donors (Lipinski definition) is 1. The number of rotatable bonds is 13. The molecule has 1 N–H and O–H groups in total. The van der Waals surface area contributed by atoms with Crippen LogP contribution in [0, 0.1) is 5.82 Å². The van der Waals surface area contributed by atoms with Gasteiger partial charge in [0.1, 0.15) is 18.4 Å². The minimum Gasteiger partial charge on any atom is -0.493 e. The Morgan fingerprint density at radius 1 is 0.925 bits per heavy atom. The third kappa shape index (κ3) is 7.09. The van der Waals surface area contributed by atoms with Gasteiger partial charge in [0.25, 0.3) is 10.0 Å². The zero-order valence-electron chi connectivity index (χ0n) is 23.0. The molecule has 0 saturated heterocycles. The van der Waals surface area contributed by atoms with Crippen LogP contribution in [0.5, 0.6) is 11.5 Å². The Bertz CT molecular complexity index is 1400. The summed E-state index contributed by atoms with van der Waals surface area (Å²) in [5, 5.41) is 2.74. The van der Waals surface area contributed by atoms with E-state index in [2.05, 4.69) is 5.32 Å². The molecule has 3 rings (SSSR count). The number of likely N-dealkylation sites (N-methyl/N-ethyl adjacent to an activating group) is 1. The summed E-state index contributed by atoms with van der Waals surface area (Å²) in [4.78, 5) is 28.2. The van der Waals surface area contributed by atoms with Gasteiger partial charge in [-0.3, -0.25) is 13.9 Å². The second-order valence-electron chi connectivity index (χ2n) is 8.83. The van der Waals surface area contributed by atoms with E-state index in [1.807, 2.05) is 0 Å². The fourth-order valence-corrected chi connectivity index (χ4v) is 5.65. The van der Waals surface area contributed by atoms with Crippen molar-refractivity contribution >= 4 is 27.5 Å². The van der Waals surface area contributed by atoms with Gasteiger partial charge in [-0.05, 0) is 55.3 Å². The van der Waals surface area contributed by atoms with Crippen LogP contribution >= 0.6 is 0 Å². The Morgan fingerprint density at radius 2 is 1.57 bits per heavy atom. The molecule has 0 aromatic heterocycles. The highest BCUT2D eigenvalue weighted by Crippen LogP contribution is 2.34. The quantitative estimate of drug-likeness (QED) is 0.333. The van der Waals surface area contributed by atoms with Crippen molar-refractivity contribution in [3.8, 4) is 11.5 Å². The van der Waals surface area contributed by atoms with Crippen molar-refractivity contribution in [3.63, 3.8) is 0 Å². The first-order valence-electron chi connectivity index (χ1n) is 12.8. The van der Waals surface area contributed by atoms with Crippen LogP contribution < -0.4 is 19.1 Å². The molecule has 40 heavy (non-hydrogen) atoms. The van der Waals surface area contributed by atoms with Gasteiger partial charge in [-0.1, -0.05) is 37.3 Å². The molecular weight excluding hydrogens is 537 g/mol. The summed E-state index contributed by atoms with van der Waals surface area (Å²) in [6, 6.07) is 17.0. The number of ether oxygens (including phenoxy) is 2. The summed E-state index contributed by atoms with van der Waals surface area (Å²) in [5.41, 5.74) is 0.753. The Balaban J connectivity index is 2.10. The van der Waals surface area contributed by atoms with E-state index >= 15 is 0 Å². The lowest BCUT2D eigenvalue weighted by Gasteiger charge is -2.33. The minimum atomic E-state index is -4.23. The minimum absolute atomic E-state index is 0.0153. The van der Waals surface area contributed by atoms with Gasteiger partial charge in [-0.2, -0.15) is 0 Å². The van der Waals surface area contributed by atoms with Crippen LogP contribution in [0.4, 0.5) is 10.1 Å². The Labute approximate surface area is 234 Å². The molecular formula is C29H34FN3O6S. The molecule has 3 aromatic carbocycles. The third-order valence-electron chi connectivity index (χ3n) is 6.27. The average molecular weight is 572 g/mol. The Kier molecular flexibility index (Phi) is 10.5. The zero-order valence-corrected chi connectivity index (χ0v) is 23.8. The van der Waals surface area contributed by atoms with Crippen molar-refractivity contribution < 1.29 is 31.9 Å². The van der Waals surface area contributed by atoms with Crippen LogP contribution in [-0.4, -0.2) is 58.5 Å². The Morgan fingerprint density at radius 3 is 2.15 bits per heavy atom. The van der Waals surface area contributed by atoms with Crippen molar-refractivity contribution in [1.29, 1.82) is 0 Å². The van der Waals surface area contributed by atoms with Crippen LogP contribution in [0.2, 0.25) is 0 Å². The van der Waals surface area contributed by atoms with Gasteiger partial charge in [-0.15, -0.1) is 0 Å². The number of carbonyl (C=O) groups is 2. The van der Waals surface area contributed by atoms with E-state index in [1.54, 1.807) is 38.1 Å². The number of halogens is 1. The van der Waals surface area contributed by atoms with E-state index in [4.69, 9.17) is 9.47 Å². The van der Waals surface area contributed by atoms with Gasteiger partial charge in [-0.25, -0.2) is 12.8 Å². The summed E-state index contributed by atoms with van der Waals surface area (Å²) >= 11 is 0. The number of sulfonamides is 1. The summed E-state index contributed by atoms with van der Waals surface area (Å²) in [5.74, 6) is -0.765. The first-order chi connectivity index (χ1) is 19.2. The molecule has 0 bridgehead atoms. The summed E-state index contributed by atoms with van der Waals surface area (Å²) in [6.45, 7) is 3.25. The number of benzene rings is 3. The lowest BCUT2D eigenvalue weighted by Crippen LogP contribution is -2.52. The first-order valence-corrected chi connectivity index (χ1v) is 14.2. The SMILES string of the molecule is CCNC(=O)[C@@H](CC)N(Cc1ccc(F)cc1)C(=O)CN(c1ccc(OC)c(OC)c1)S(=O)(=O)c1ccccc1. The van der Waals surface area contributed by atoms with E-state index in [0.717, 1.165) is 4.31 Å². The van der Waals surface area contributed by atoms with Crippen LogP contribution in [0.3, 0.4) is 0 Å². The number of hydrogen-bond acceptors (Lipinski definition) is 6. The topological polar surface area (TPSA) is 105 Å². The molecule has 0 unspecified atom stereocenters. The van der Waals surface area contributed by atoms with Gasteiger partial charge < -0.3 is 19.7 Å². The van der Waals surface area contributed by atoms with Crippen LogP contribution in [0.25, 0.3) is 0 Å². The van der Waals surface area contributed by atoms with Crippen molar-refractivity contribution in [2.24, 2.45) is 0 Å². The summed E-state index contributed by atoms with van der Waals surface area (Å²) < 4.78 is 53.0. The first kappa shape index (κ1) is 30.4. The van der Waals surface area contributed by atoms with Crippen LogP contribution in [0.1, 0.15) is 25.8 Å². The van der Waals surface area contributed by atoms with Crippen molar-refractivity contribution in [2.75, 3.05) is 31.6 Å². The normalized spacial score (nSPS) is 11.8. The number of anilines is 1. The summed E-state index contributed by atoms with van der Waals surface area (Å²) in [7, 11) is -1.35. The molecule has 0 aliphatic carbocycles. The maximum Gasteiger partial charge on any atom is 0.264 e. The van der Waals surface area contributed by atoms with E-state index in [-0.39, 0.29) is 35.2 Å². The molecule has 0 aliphatic heterocycles. The molecule has 214 valence electrons. The molecule has 1 atom stereocenters. The molecule has 3 aromatic rings. The number of carbonyl (C=O) groups excluding carboxylic acids is 2. The predicted molar refractivity (Wildman–Crippen MR) is 150 cm³/mol. The number of nitrogens with zero attached hydrogens (tertiary/aromatic N) is 2. The molecule has 9 nitrogen and oxygen atoms in total. The van der Waals surface area contributed by atoms with Crippen molar-refractivity contribution in [2.45, 2.75) is 37.8 Å². The third-order valence-corrected chi connectivity index (χ3v) is 8.06. The van der Waals surface area contributed by atoms with E-state index in [1.165, 1.54) is 67.7 Å². The fourth-order valence-electron chi connectivity index (χ4n) is 4.23. The fraction of sp³-hybridized carbons (Fsp3) is 0.310. The molecule has 0 spiro atoms. The maximum absolute atomic E-state index is 14.0. The number of nitrogens with one attached hydrogen (secondary N) is 1. The monoisotopic (exact) mass is 571 g/mol.